The Balaban J connectivity index is 2.72. The molecule has 1 aliphatic rings. The number of aromatic nitrogens is 2. The number of nitrogens with zero attached hydrogens (tertiary/aromatic N) is 4. The molecule has 0 aliphatic carbocycles. The molecule has 1 aromatic rings. The van der Waals surface area contributed by atoms with Crippen LogP contribution < -0.4 is 22.1 Å². The molecule has 1 aliphatic heterocycles. The van der Waals surface area contributed by atoms with Gasteiger partial charge in [-0.1, -0.05) is 0 Å². The Kier molecular flexibility index (Phi) is 1.04. The van der Waals surface area contributed by atoms with Gasteiger partial charge in [-0.2, -0.15) is 4.98 Å². The summed E-state index contributed by atoms with van der Waals surface area (Å²) >= 11 is 0. The molecule has 7 heteroatoms. The topological polar surface area (TPSA) is 108 Å². The van der Waals surface area contributed by atoms with E-state index in [1.54, 1.807) is 13.3 Å². The molecule has 2 heterocycles. The van der Waals surface area contributed by atoms with E-state index in [1.807, 2.05) is 0 Å². The molecule has 1 unspecified atom stereocenters. The molecule has 0 aromatic carbocycles. The molecule has 7 nitrogen and oxygen atoms in total. The van der Waals surface area contributed by atoms with E-state index in [0.717, 1.165) is 0 Å². The number of rotatable bonds is 0. The monoisotopic (exact) mass is 168 g/mol. The Morgan fingerprint density at radius 3 is 2.75 bits per heavy atom. The summed E-state index contributed by atoms with van der Waals surface area (Å²) in [6.07, 6.45) is 1.55. The SMILES string of the molecule is C[N+]1(N)N=Cc2c(N)nc(N)n21. The number of anilines is 2. The Hall–Kier alpha value is -1.60. The van der Waals surface area contributed by atoms with Crippen molar-refractivity contribution in [2.75, 3.05) is 18.5 Å². The predicted molar refractivity (Wildman–Crippen MR) is 46.3 cm³/mol. The maximum atomic E-state index is 5.73. The van der Waals surface area contributed by atoms with E-state index >= 15 is 0 Å². The van der Waals surface area contributed by atoms with Gasteiger partial charge in [0.2, 0.25) is 0 Å². The van der Waals surface area contributed by atoms with Gasteiger partial charge in [0.15, 0.2) is 11.5 Å². The van der Waals surface area contributed by atoms with Crippen LogP contribution in [0.25, 0.3) is 0 Å². The fourth-order valence-electron chi connectivity index (χ4n) is 1.23. The Morgan fingerprint density at radius 2 is 2.17 bits per heavy atom. The summed E-state index contributed by atoms with van der Waals surface area (Å²) in [5.74, 6) is 6.35. The molecular weight excluding hydrogens is 158 g/mol. The van der Waals surface area contributed by atoms with E-state index in [9.17, 15) is 0 Å². The highest BCUT2D eigenvalue weighted by molar-refractivity contribution is 5.86. The van der Waals surface area contributed by atoms with Gasteiger partial charge in [-0.15, -0.1) is 10.5 Å². The summed E-state index contributed by atoms with van der Waals surface area (Å²) in [4.78, 5) is 3.66. The van der Waals surface area contributed by atoms with Crippen LogP contribution in [0.4, 0.5) is 11.8 Å². The van der Waals surface area contributed by atoms with Crippen LogP contribution >= 0.6 is 0 Å². The smallest absolute Gasteiger partial charge is 0.255 e. The van der Waals surface area contributed by atoms with Crippen molar-refractivity contribution >= 4 is 18.0 Å². The van der Waals surface area contributed by atoms with Crippen LogP contribution in [0.2, 0.25) is 0 Å². The molecule has 0 amide bonds. The summed E-state index contributed by atoms with van der Waals surface area (Å²) in [5, 5.41) is 3.97. The van der Waals surface area contributed by atoms with Gasteiger partial charge in [0, 0.05) is 0 Å². The Labute approximate surface area is 68.6 Å². The number of quaternary nitrogens is 1. The first-order valence-corrected chi connectivity index (χ1v) is 3.37. The first-order valence-electron chi connectivity index (χ1n) is 3.37. The summed E-state index contributed by atoms with van der Waals surface area (Å²) in [5.41, 5.74) is 11.8. The van der Waals surface area contributed by atoms with Crippen LogP contribution in [0.3, 0.4) is 0 Å². The maximum Gasteiger partial charge on any atom is 0.255 e. The zero-order valence-corrected chi connectivity index (χ0v) is 6.60. The van der Waals surface area contributed by atoms with Crippen molar-refractivity contribution in [3.63, 3.8) is 0 Å². The van der Waals surface area contributed by atoms with E-state index in [4.69, 9.17) is 17.3 Å². The van der Waals surface area contributed by atoms with E-state index in [-0.39, 0.29) is 10.8 Å². The van der Waals surface area contributed by atoms with Gasteiger partial charge in [-0.05, 0) is 9.91 Å². The highest BCUT2D eigenvalue weighted by atomic mass is 16.0. The number of hydrogen-bond acceptors (Lipinski definition) is 5. The van der Waals surface area contributed by atoms with Crippen LogP contribution in [-0.4, -0.2) is 22.9 Å². The Bertz CT molecular complexity index is 360. The normalized spacial score (nSPS) is 26.2. The van der Waals surface area contributed by atoms with Gasteiger partial charge in [-0.25, -0.2) is 0 Å². The van der Waals surface area contributed by atoms with E-state index in [0.29, 0.717) is 11.5 Å². The minimum atomic E-state index is -0.203. The maximum absolute atomic E-state index is 5.73. The summed E-state index contributed by atoms with van der Waals surface area (Å²) in [6.45, 7) is 0. The standard InChI is InChI=1S/C5H10N7/c1-12(8)9-2-3-4(6)10-5(7)11(3)12/h2H,6,8H2,1H3,(H2,7,10)/q+1. The number of fused-ring (bicyclic) bond motifs is 1. The first kappa shape index (κ1) is 7.07. The lowest BCUT2D eigenvalue weighted by Crippen LogP contribution is -2.54. The molecule has 0 spiro atoms. The lowest BCUT2D eigenvalue weighted by atomic mass is 10.5. The minimum absolute atomic E-state index is 0.203. The number of imidazole rings is 1. The molecule has 0 radical (unpaired) electrons. The minimum Gasteiger partial charge on any atom is -0.382 e. The number of nitrogens with two attached hydrogens (primary N) is 3. The molecule has 0 bridgehead atoms. The average molecular weight is 168 g/mol. The molecule has 1 aromatic heterocycles. The van der Waals surface area contributed by atoms with Gasteiger partial charge < -0.3 is 11.5 Å². The molecular formula is C5H10N7+. The van der Waals surface area contributed by atoms with Crippen molar-refractivity contribution < 1.29 is 0 Å². The lowest BCUT2D eigenvalue weighted by molar-refractivity contribution is 0.188. The van der Waals surface area contributed by atoms with Crippen molar-refractivity contribution in [2.45, 2.75) is 0 Å². The molecule has 0 fully saturated rings. The fraction of sp³-hybridized carbons (Fsp3) is 0.200. The lowest BCUT2D eigenvalue weighted by Gasteiger charge is -2.17. The van der Waals surface area contributed by atoms with E-state index in [2.05, 4.69) is 10.1 Å². The molecule has 0 saturated carbocycles. The predicted octanol–water partition coefficient (Wildman–Crippen LogP) is -1.66. The molecule has 1 atom stereocenters. The van der Waals surface area contributed by atoms with E-state index in [1.165, 1.54) is 4.68 Å². The van der Waals surface area contributed by atoms with Crippen molar-refractivity contribution in [2.24, 2.45) is 10.9 Å². The van der Waals surface area contributed by atoms with Gasteiger partial charge in [0.05, 0.1) is 0 Å². The van der Waals surface area contributed by atoms with Crippen molar-refractivity contribution in [3.8, 4) is 0 Å². The third kappa shape index (κ3) is 0.660. The van der Waals surface area contributed by atoms with Gasteiger partial charge in [0.1, 0.15) is 13.3 Å². The number of hydrogen-bond donors (Lipinski definition) is 3. The molecule has 6 N–H and O–H groups in total. The molecule has 0 saturated heterocycles. The first-order chi connectivity index (χ1) is 5.52. The van der Waals surface area contributed by atoms with Gasteiger partial charge >= 0.3 is 0 Å². The van der Waals surface area contributed by atoms with Crippen LogP contribution in [0.5, 0.6) is 0 Å². The second-order valence-electron chi connectivity index (χ2n) is 2.78. The zero-order chi connectivity index (χ0) is 8.93. The third-order valence-corrected chi connectivity index (χ3v) is 1.76. The van der Waals surface area contributed by atoms with Crippen molar-refractivity contribution in [1.82, 2.24) is 14.5 Å². The fourth-order valence-corrected chi connectivity index (χ4v) is 1.23. The van der Waals surface area contributed by atoms with Crippen LogP contribution in [0.1, 0.15) is 5.69 Å². The van der Waals surface area contributed by atoms with E-state index < -0.39 is 0 Å². The summed E-state index contributed by atoms with van der Waals surface area (Å²) in [7, 11) is 1.67. The van der Waals surface area contributed by atoms with Crippen molar-refractivity contribution in [1.29, 1.82) is 0 Å². The number of nitrogen functional groups attached to an aromatic ring is 2. The largest absolute Gasteiger partial charge is 0.382 e. The molecule has 2 rings (SSSR count). The van der Waals surface area contributed by atoms with Gasteiger partial charge in [-0.3, -0.25) is 0 Å². The Morgan fingerprint density at radius 1 is 1.50 bits per heavy atom. The second kappa shape index (κ2) is 1.76. The average Bonchev–Trinajstić information content (AvgIpc) is 2.37. The van der Waals surface area contributed by atoms with Crippen LogP contribution in [0, 0.1) is 0 Å². The summed E-state index contributed by atoms with van der Waals surface area (Å²) in [6, 6.07) is 0. The second-order valence-corrected chi connectivity index (χ2v) is 2.78. The van der Waals surface area contributed by atoms with Crippen molar-refractivity contribution in [3.05, 3.63) is 5.69 Å². The quantitative estimate of drug-likeness (QED) is 0.318. The highest BCUT2D eigenvalue weighted by Gasteiger charge is 2.32. The molecule has 12 heavy (non-hydrogen) atoms. The van der Waals surface area contributed by atoms with Crippen LogP contribution in [-0.2, 0) is 0 Å². The summed E-state index contributed by atoms with van der Waals surface area (Å²) < 4.78 is 1.54. The third-order valence-electron chi connectivity index (χ3n) is 1.76. The molecule has 64 valence electrons. The zero-order valence-electron chi connectivity index (χ0n) is 6.60. The van der Waals surface area contributed by atoms with Gasteiger partial charge in [0.25, 0.3) is 5.95 Å². The highest BCUT2D eigenvalue weighted by Crippen LogP contribution is 2.20. The van der Waals surface area contributed by atoms with Crippen LogP contribution in [0.15, 0.2) is 5.10 Å².